The maximum absolute atomic E-state index is 13.0. The summed E-state index contributed by atoms with van der Waals surface area (Å²) in [6.45, 7) is 4.85. The maximum Gasteiger partial charge on any atom is 0.321 e. The highest BCUT2D eigenvalue weighted by Crippen LogP contribution is 2.22. The third-order valence-corrected chi connectivity index (χ3v) is 3.31. The smallest absolute Gasteiger partial charge is 0.321 e. The number of carbonyl (C=O) groups is 1. The van der Waals surface area contributed by atoms with Crippen LogP contribution in [0.5, 0.6) is 0 Å². The predicted molar refractivity (Wildman–Crippen MR) is 91.0 cm³/mol. The van der Waals surface area contributed by atoms with E-state index in [0.29, 0.717) is 18.9 Å². The van der Waals surface area contributed by atoms with Crippen LogP contribution < -0.4 is 5.32 Å². The van der Waals surface area contributed by atoms with Gasteiger partial charge in [0.05, 0.1) is 49.3 Å². The van der Waals surface area contributed by atoms with Crippen molar-refractivity contribution in [3.8, 4) is 0 Å². The number of rotatable bonds is 9. The molecule has 1 rings (SSSR count). The van der Waals surface area contributed by atoms with E-state index in [-0.39, 0.29) is 24.3 Å². The monoisotopic (exact) mass is 362 g/mol. The van der Waals surface area contributed by atoms with Gasteiger partial charge in [0, 0.05) is 7.05 Å². The van der Waals surface area contributed by atoms with Gasteiger partial charge in [-0.15, -0.1) is 0 Å². The number of nitrogens with zero attached hydrogens (tertiary/aromatic N) is 1. The first-order valence-corrected chi connectivity index (χ1v) is 8.02. The van der Waals surface area contributed by atoms with E-state index in [0.717, 1.165) is 6.07 Å². The fourth-order valence-corrected chi connectivity index (χ4v) is 2.03. The lowest BCUT2D eigenvalue weighted by molar-refractivity contribution is -0.0144. The SMILES string of the molecule is CC(C)OCCOC[C@H](O)CN(C)C(=O)Nc1ccc(F)cc1Cl. The Morgan fingerprint density at radius 2 is 2.12 bits per heavy atom. The van der Waals surface area contributed by atoms with Crippen molar-refractivity contribution in [2.24, 2.45) is 0 Å². The van der Waals surface area contributed by atoms with Crippen molar-refractivity contribution in [3.63, 3.8) is 0 Å². The number of nitrogens with one attached hydrogen (secondary N) is 1. The van der Waals surface area contributed by atoms with Gasteiger partial charge in [-0.3, -0.25) is 0 Å². The van der Waals surface area contributed by atoms with E-state index in [1.807, 2.05) is 13.8 Å². The Morgan fingerprint density at radius 3 is 2.75 bits per heavy atom. The van der Waals surface area contributed by atoms with Gasteiger partial charge in [0.15, 0.2) is 0 Å². The molecule has 0 aromatic heterocycles. The third-order valence-electron chi connectivity index (χ3n) is 2.99. The fraction of sp³-hybridized carbons (Fsp3) is 0.562. The maximum atomic E-state index is 13.0. The number of likely N-dealkylation sites (N-methyl/N-ethyl adjacent to an activating group) is 1. The minimum absolute atomic E-state index is 0.0791. The topological polar surface area (TPSA) is 71.0 Å². The second kappa shape index (κ2) is 10.5. The van der Waals surface area contributed by atoms with Crippen LogP contribution in [0, 0.1) is 5.82 Å². The number of hydrogen-bond acceptors (Lipinski definition) is 4. The molecule has 1 aromatic rings. The molecule has 0 saturated carbocycles. The molecular formula is C16H24ClFN2O4. The minimum atomic E-state index is -0.830. The molecule has 0 fully saturated rings. The van der Waals surface area contributed by atoms with Crippen LogP contribution in [-0.2, 0) is 9.47 Å². The lowest BCUT2D eigenvalue weighted by Crippen LogP contribution is -2.39. The first-order valence-electron chi connectivity index (χ1n) is 7.64. The number of aliphatic hydroxyl groups excluding tert-OH is 1. The van der Waals surface area contributed by atoms with Crippen molar-refractivity contribution >= 4 is 23.3 Å². The van der Waals surface area contributed by atoms with E-state index in [4.69, 9.17) is 21.1 Å². The summed E-state index contributed by atoms with van der Waals surface area (Å²) in [6, 6.07) is 3.21. The summed E-state index contributed by atoms with van der Waals surface area (Å²) in [5, 5.41) is 12.5. The average molecular weight is 363 g/mol. The molecule has 0 saturated heterocycles. The van der Waals surface area contributed by atoms with E-state index < -0.39 is 18.0 Å². The molecule has 2 N–H and O–H groups in total. The first-order chi connectivity index (χ1) is 11.3. The molecule has 1 atom stereocenters. The largest absolute Gasteiger partial charge is 0.389 e. The number of urea groups is 1. The standard InChI is InChI=1S/C16H24ClFN2O4/c1-11(2)24-7-6-23-10-13(21)9-20(3)16(22)19-15-5-4-12(18)8-14(15)17/h4-5,8,11,13,21H,6-7,9-10H2,1-3H3,(H,19,22)/t13-/m1/s1. The van der Waals surface area contributed by atoms with Crippen LogP contribution in [0.25, 0.3) is 0 Å². The predicted octanol–water partition coefficient (Wildman–Crippen LogP) is 2.75. The minimum Gasteiger partial charge on any atom is -0.389 e. The Labute approximate surface area is 146 Å². The second-order valence-electron chi connectivity index (χ2n) is 5.58. The summed E-state index contributed by atoms with van der Waals surface area (Å²) in [4.78, 5) is 13.3. The van der Waals surface area contributed by atoms with Gasteiger partial charge in [-0.25, -0.2) is 9.18 Å². The van der Waals surface area contributed by atoms with E-state index >= 15 is 0 Å². The van der Waals surface area contributed by atoms with E-state index in [1.54, 1.807) is 0 Å². The molecule has 2 amide bonds. The lowest BCUT2D eigenvalue weighted by Gasteiger charge is -2.21. The van der Waals surface area contributed by atoms with Crippen molar-refractivity contribution in [2.75, 3.05) is 38.7 Å². The zero-order chi connectivity index (χ0) is 18.1. The van der Waals surface area contributed by atoms with Crippen LogP contribution in [-0.4, -0.2) is 61.7 Å². The number of benzene rings is 1. The van der Waals surface area contributed by atoms with E-state index in [2.05, 4.69) is 5.32 Å². The molecule has 0 bridgehead atoms. The van der Waals surface area contributed by atoms with Gasteiger partial charge in [-0.05, 0) is 32.0 Å². The summed E-state index contributed by atoms with van der Waals surface area (Å²) < 4.78 is 23.6. The van der Waals surface area contributed by atoms with Gasteiger partial charge in [0.1, 0.15) is 5.82 Å². The molecule has 0 aliphatic rings. The van der Waals surface area contributed by atoms with Crippen molar-refractivity contribution in [1.82, 2.24) is 4.90 Å². The van der Waals surface area contributed by atoms with Crippen LogP contribution in [0.15, 0.2) is 18.2 Å². The Morgan fingerprint density at radius 1 is 1.42 bits per heavy atom. The van der Waals surface area contributed by atoms with Crippen molar-refractivity contribution in [3.05, 3.63) is 29.0 Å². The number of carbonyl (C=O) groups excluding carboxylic acids is 1. The van der Waals surface area contributed by atoms with Crippen LogP contribution >= 0.6 is 11.6 Å². The lowest BCUT2D eigenvalue weighted by atomic mass is 10.3. The van der Waals surface area contributed by atoms with Gasteiger partial charge in [0.2, 0.25) is 0 Å². The molecule has 0 aliphatic heterocycles. The molecule has 1 aromatic carbocycles. The normalized spacial score (nSPS) is 12.3. The van der Waals surface area contributed by atoms with Gasteiger partial charge in [0.25, 0.3) is 0 Å². The summed E-state index contributed by atoms with van der Waals surface area (Å²) in [7, 11) is 1.53. The first kappa shape index (κ1) is 20.6. The molecule has 8 heteroatoms. The van der Waals surface area contributed by atoms with Crippen molar-refractivity contribution in [2.45, 2.75) is 26.1 Å². The zero-order valence-corrected chi connectivity index (χ0v) is 14.8. The van der Waals surface area contributed by atoms with Crippen LogP contribution in [0.3, 0.4) is 0 Å². The number of amides is 2. The van der Waals surface area contributed by atoms with Gasteiger partial charge in [-0.2, -0.15) is 0 Å². The van der Waals surface area contributed by atoms with Crippen LogP contribution in [0.1, 0.15) is 13.8 Å². The number of hydrogen-bond donors (Lipinski definition) is 2. The highest BCUT2D eigenvalue weighted by atomic mass is 35.5. The number of halogens is 2. The zero-order valence-electron chi connectivity index (χ0n) is 14.1. The molecule has 0 radical (unpaired) electrons. The Balaban J connectivity index is 2.32. The number of ether oxygens (including phenoxy) is 2. The fourth-order valence-electron chi connectivity index (χ4n) is 1.82. The molecule has 136 valence electrons. The molecular weight excluding hydrogens is 339 g/mol. The highest BCUT2D eigenvalue weighted by molar-refractivity contribution is 6.33. The Hall–Kier alpha value is -1.41. The average Bonchev–Trinajstić information content (AvgIpc) is 2.49. The molecule has 6 nitrogen and oxygen atoms in total. The molecule has 24 heavy (non-hydrogen) atoms. The highest BCUT2D eigenvalue weighted by Gasteiger charge is 2.15. The molecule has 0 spiro atoms. The van der Waals surface area contributed by atoms with Gasteiger partial charge in [-0.1, -0.05) is 11.6 Å². The Kier molecular flexibility index (Phi) is 8.99. The molecule has 0 heterocycles. The van der Waals surface area contributed by atoms with Crippen molar-refractivity contribution < 1.29 is 23.8 Å². The third kappa shape index (κ3) is 7.92. The van der Waals surface area contributed by atoms with E-state index in [9.17, 15) is 14.3 Å². The summed E-state index contributed by atoms with van der Waals surface area (Å²) in [5.41, 5.74) is 0.298. The quantitative estimate of drug-likeness (QED) is 0.663. The van der Waals surface area contributed by atoms with Crippen LogP contribution in [0.2, 0.25) is 5.02 Å². The van der Waals surface area contributed by atoms with Crippen LogP contribution in [0.4, 0.5) is 14.9 Å². The second-order valence-corrected chi connectivity index (χ2v) is 5.99. The number of aliphatic hydroxyl groups is 1. The van der Waals surface area contributed by atoms with Crippen molar-refractivity contribution in [1.29, 1.82) is 0 Å². The van der Waals surface area contributed by atoms with Gasteiger partial charge < -0.3 is 24.8 Å². The summed E-state index contributed by atoms with van der Waals surface area (Å²) >= 11 is 5.85. The Bertz CT molecular complexity index is 531. The van der Waals surface area contributed by atoms with E-state index in [1.165, 1.54) is 24.1 Å². The summed E-state index contributed by atoms with van der Waals surface area (Å²) in [5.74, 6) is -0.486. The molecule has 0 aliphatic carbocycles. The molecule has 0 unspecified atom stereocenters. The van der Waals surface area contributed by atoms with Gasteiger partial charge >= 0.3 is 6.03 Å². The number of anilines is 1. The summed E-state index contributed by atoms with van der Waals surface area (Å²) in [6.07, 6.45) is -0.699.